The van der Waals surface area contributed by atoms with Crippen LogP contribution in [-0.2, 0) is 11.3 Å². The molecule has 6 heteroatoms. The third kappa shape index (κ3) is 3.66. The van der Waals surface area contributed by atoms with E-state index in [-0.39, 0.29) is 12.6 Å². The third-order valence-electron chi connectivity index (χ3n) is 2.30. The normalized spacial score (nSPS) is 9.95. The summed E-state index contributed by atoms with van der Waals surface area (Å²) in [5.74, 6) is -0.360. The molecule has 1 aromatic heterocycles. The van der Waals surface area contributed by atoms with Gasteiger partial charge in [0.1, 0.15) is 11.5 Å². The summed E-state index contributed by atoms with van der Waals surface area (Å²) in [7, 11) is 0. The van der Waals surface area contributed by atoms with Gasteiger partial charge in [-0.05, 0) is 55.6 Å². The molecule has 0 amide bonds. The van der Waals surface area contributed by atoms with E-state index in [0.29, 0.717) is 10.4 Å². The van der Waals surface area contributed by atoms with Gasteiger partial charge in [0.05, 0.1) is 15.4 Å². The molecule has 0 spiro atoms. The Morgan fingerprint density at radius 3 is 2.53 bits per heavy atom. The fourth-order valence-corrected chi connectivity index (χ4v) is 3.27. The van der Waals surface area contributed by atoms with Gasteiger partial charge in [-0.2, -0.15) is 5.26 Å². The lowest BCUT2D eigenvalue weighted by atomic mass is 10.2. The Kier molecular flexibility index (Phi) is 4.75. The van der Waals surface area contributed by atoms with Crippen LogP contribution in [0, 0.1) is 11.3 Å². The summed E-state index contributed by atoms with van der Waals surface area (Å²) in [6.45, 7) is 0.192. The van der Waals surface area contributed by atoms with Gasteiger partial charge in [0, 0.05) is 4.47 Å². The standard InChI is InChI=1S/C13H7Br2NO2S/c14-10-5-11(19-12(10)15)13(17)18-7-9-3-1-8(6-16)2-4-9/h1-5H,7H2. The maximum atomic E-state index is 11.8. The topological polar surface area (TPSA) is 50.1 Å². The van der Waals surface area contributed by atoms with Gasteiger partial charge in [0.15, 0.2) is 0 Å². The highest BCUT2D eigenvalue weighted by Crippen LogP contribution is 2.32. The van der Waals surface area contributed by atoms with E-state index in [2.05, 4.69) is 31.9 Å². The fraction of sp³-hybridized carbons (Fsp3) is 0.0769. The van der Waals surface area contributed by atoms with Gasteiger partial charge in [-0.3, -0.25) is 0 Å². The van der Waals surface area contributed by atoms with Crippen molar-refractivity contribution in [3.05, 3.63) is 54.6 Å². The molecule has 0 unspecified atom stereocenters. The van der Waals surface area contributed by atoms with Crippen molar-refractivity contribution >= 4 is 49.2 Å². The Morgan fingerprint density at radius 2 is 2.00 bits per heavy atom. The van der Waals surface area contributed by atoms with Crippen molar-refractivity contribution < 1.29 is 9.53 Å². The molecular formula is C13H7Br2NO2S. The Balaban J connectivity index is 1.98. The Labute approximate surface area is 131 Å². The number of hydrogen-bond acceptors (Lipinski definition) is 4. The maximum absolute atomic E-state index is 11.8. The summed E-state index contributed by atoms with van der Waals surface area (Å²) in [4.78, 5) is 12.3. The molecule has 0 bridgehead atoms. The van der Waals surface area contributed by atoms with Crippen molar-refractivity contribution in [2.24, 2.45) is 0 Å². The second kappa shape index (κ2) is 6.33. The molecule has 0 radical (unpaired) electrons. The molecule has 2 aromatic rings. The SMILES string of the molecule is N#Cc1ccc(COC(=O)c2cc(Br)c(Br)s2)cc1. The van der Waals surface area contributed by atoms with Crippen molar-refractivity contribution in [3.8, 4) is 6.07 Å². The number of nitrogens with zero attached hydrogens (tertiary/aromatic N) is 1. The average molecular weight is 401 g/mol. The summed E-state index contributed by atoms with van der Waals surface area (Å²) in [6.07, 6.45) is 0. The van der Waals surface area contributed by atoms with E-state index in [1.807, 2.05) is 6.07 Å². The molecule has 0 aliphatic rings. The highest BCUT2D eigenvalue weighted by Gasteiger charge is 2.13. The first-order chi connectivity index (χ1) is 9.10. The summed E-state index contributed by atoms with van der Waals surface area (Å²) >= 11 is 7.97. The Hall–Kier alpha value is -1.16. The largest absolute Gasteiger partial charge is 0.457 e. The van der Waals surface area contributed by atoms with Crippen molar-refractivity contribution in [1.82, 2.24) is 0 Å². The molecule has 0 aliphatic heterocycles. The lowest BCUT2D eigenvalue weighted by Gasteiger charge is -2.03. The molecular weight excluding hydrogens is 394 g/mol. The molecule has 0 aliphatic carbocycles. The molecule has 0 fully saturated rings. The number of halogens is 2. The van der Waals surface area contributed by atoms with E-state index < -0.39 is 0 Å². The molecule has 0 saturated heterocycles. The second-order valence-electron chi connectivity index (χ2n) is 3.62. The van der Waals surface area contributed by atoms with Crippen molar-refractivity contribution in [3.63, 3.8) is 0 Å². The Morgan fingerprint density at radius 1 is 1.32 bits per heavy atom. The van der Waals surface area contributed by atoms with Crippen molar-refractivity contribution in [1.29, 1.82) is 5.26 Å². The van der Waals surface area contributed by atoms with Gasteiger partial charge in [-0.25, -0.2) is 4.79 Å². The number of nitriles is 1. The minimum absolute atomic E-state index is 0.192. The lowest BCUT2D eigenvalue weighted by Crippen LogP contribution is -2.03. The van der Waals surface area contributed by atoms with Crippen LogP contribution in [0.25, 0.3) is 0 Å². The van der Waals surface area contributed by atoms with E-state index in [0.717, 1.165) is 13.8 Å². The second-order valence-corrected chi connectivity index (χ2v) is 6.84. The minimum atomic E-state index is -0.360. The van der Waals surface area contributed by atoms with Gasteiger partial charge < -0.3 is 4.74 Å². The zero-order chi connectivity index (χ0) is 13.8. The molecule has 0 atom stereocenters. The van der Waals surface area contributed by atoms with Crippen molar-refractivity contribution in [2.75, 3.05) is 0 Å². The van der Waals surface area contributed by atoms with Crippen LogP contribution in [-0.4, -0.2) is 5.97 Å². The zero-order valence-electron chi connectivity index (χ0n) is 9.52. The molecule has 19 heavy (non-hydrogen) atoms. The molecule has 0 N–H and O–H groups in total. The number of carbonyl (C=O) groups is 1. The number of thiophene rings is 1. The first kappa shape index (κ1) is 14.3. The number of hydrogen-bond donors (Lipinski definition) is 0. The summed E-state index contributed by atoms with van der Waals surface area (Å²) < 4.78 is 6.90. The van der Waals surface area contributed by atoms with E-state index in [1.165, 1.54) is 11.3 Å². The first-order valence-electron chi connectivity index (χ1n) is 5.21. The molecule has 0 saturated carbocycles. The van der Waals surface area contributed by atoms with Crippen LogP contribution in [0.1, 0.15) is 20.8 Å². The number of esters is 1. The van der Waals surface area contributed by atoms with E-state index in [4.69, 9.17) is 10.00 Å². The van der Waals surface area contributed by atoms with Crippen LogP contribution < -0.4 is 0 Å². The van der Waals surface area contributed by atoms with Gasteiger partial charge in [-0.15, -0.1) is 11.3 Å². The molecule has 1 heterocycles. The van der Waals surface area contributed by atoms with Crippen LogP contribution in [0.5, 0.6) is 0 Å². The number of ether oxygens (including phenoxy) is 1. The molecule has 96 valence electrons. The first-order valence-corrected chi connectivity index (χ1v) is 7.61. The average Bonchev–Trinajstić information content (AvgIpc) is 2.77. The van der Waals surface area contributed by atoms with Crippen LogP contribution in [0.15, 0.2) is 38.6 Å². The highest BCUT2D eigenvalue weighted by atomic mass is 79.9. The Bertz CT molecular complexity index is 624. The maximum Gasteiger partial charge on any atom is 0.348 e. The van der Waals surface area contributed by atoms with Gasteiger partial charge in [-0.1, -0.05) is 12.1 Å². The van der Waals surface area contributed by atoms with Gasteiger partial charge in [0.25, 0.3) is 0 Å². The van der Waals surface area contributed by atoms with E-state index >= 15 is 0 Å². The monoisotopic (exact) mass is 399 g/mol. The smallest absolute Gasteiger partial charge is 0.348 e. The quantitative estimate of drug-likeness (QED) is 0.712. The van der Waals surface area contributed by atoms with Gasteiger partial charge in [0.2, 0.25) is 0 Å². The number of benzene rings is 1. The molecule has 1 aromatic carbocycles. The van der Waals surface area contributed by atoms with Crippen LogP contribution in [0.2, 0.25) is 0 Å². The number of carbonyl (C=O) groups excluding carboxylic acids is 1. The predicted molar refractivity (Wildman–Crippen MR) is 80.0 cm³/mol. The van der Waals surface area contributed by atoms with Crippen molar-refractivity contribution in [2.45, 2.75) is 6.61 Å². The van der Waals surface area contributed by atoms with Gasteiger partial charge >= 0.3 is 5.97 Å². The van der Waals surface area contributed by atoms with E-state index in [9.17, 15) is 4.79 Å². The summed E-state index contributed by atoms with van der Waals surface area (Å²) in [5, 5.41) is 8.68. The van der Waals surface area contributed by atoms with E-state index in [1.54, 1.807) is 30.3 Å². The summed E-state index contributed by atoms with van der Waals surface area (Å²) in [5.41, 5.74) is 1.43. The fourth-order valence-electron chi connectivity index (χ4n) is 1.34. The van der Waals surface area contributed by atoms with Crippen LogP contribution in [0.3, 0.4) is 0 Å². The molecule has 2 rings (SSSR count). The minimum Gasteiger partial charge on any atom is -0.457 e. The zero-order valence-corrected chi connectivity index (χ0v) is 13.5. The highest BCUT2D eigenvalue weighted by molar-refractivity contribution is 9.13. The van der Waals surface area contributed by atoms with Crippen LogP contribution in [0.4, 0.5) is 0 Å². The third-order valence-corrected chi connectivity index (χ3v) is 5.54. The number of rotatable bonds is 3. The lowest BCUT2D eigenvalue weighted by molar-refractivity contribution is 0.0478. The molecule has 3 nitrogen and oxygen atoms in total. The van der Waals surface area contributed by atoms with Crippen LogP contribution >= 0.6 is 43.2 Å². The summed E-state index contributed by atoms with van der Waals surface area (Å²) in [6, 6.07) is 10.7. The predicted octanol–water partition coefficient (Wildman–Crippen LogP) is 4.50.